The van der Waals surface area contributed by atoms with Gasteiger partial charge in [-0.25, -0.2) is 0 Å². The van der Waals surface area contributed by atoms with Crippen molar-refractivity contribution in [3.63, 3.8) is 0 Å². The molecule has 1 amide bonds. The smallest absolute Gasteiger partial charge is 0.228 e. The lowest BCUT2D eigenvalue weighted by Gasteiger charge is -2.06. The number of thiocarbonyl (C=S) groups is 1. The summed E-state index contributed by atoms with van der Waals surface area (Å²) in [5.41, 5.74) is 5.98. The van der Waals surface area contributed by atoms with Crippen molar-refractivity contribution in [1.82, 2.24) is 10.2 Å². The lowest BCUT2D eigenvalue weighted by molar-refractivity contribution is -0.118. The van der Waals surface area contributed by atoms with E-state index in [1.807, 2.05) is 0 Å². The van der Waals surface area contributed by atoms with Crippen molar-refractivity contribution in [2.24, 2.45) is 11.7 Å². The first-order valence-electron chi connectivity index (χ1n) is 4.16. The highest BCUT2D eigenvalue weighted by molar-refractivity contribution is 7.80. The topological polar surface area (TPSA) is 83.8 Å². The van der Waals surface area contributed by atoms with Crippen LogP contribution in [0, 0.1) is 5.92 Å². The maximum absolute atomic E-state index is 11.3. The first-order chi connectivity index (χ1) is 6.52. The van der Waals surface area contributed by atoms with Crippen LogP contribution in [0.5, 0.6) is 0 Å². The molecule has 0 radical (unpaired) electrons. The molecule has 4 N–H and O–H groups in total. The van der Waals surface area contributed by atoms with E-state index in [1.54, 1.807) is 13.8 Å². The zero-order valence-corrected chi connectivity index (χ0v) is 8.81. The number of aromatic nitrogens is 2. The first kappa shape index (κ1) is 10.6. The van der Waals surface area contributed by atoms with E-state index < -0.39 is 0 Å². The molecule has 14 heavy (non-hydrogen) atoms. The summed E-state index contributed by atoms with van der Waals surface area (Å²) in [6, 6.07) is 0. The Morgan fingerprint density at radius 1 is 1.71 bits per heavy atom. The van der Waals surface area contributed by atoms with Gasteiger partial charge in [-0.2, -0.15) is 5.10 Å². The second-order valence-corrected chi connectivity index (χ2v) is 3.61. The molecule has 1 rings (SSSR count). The Kier molecular flexibility index (Phi) is 3.19. The number of carbonyl (C=O) groups is 1. The molecule has 5 nitrogen and oxygen atoms in total. The van der Waals surface area contributed by atoms with Gasteiger partial charge in [0.2, 0.25) is 5.91 Å². The van der Waals surface area contributed by atoms with Crippen molar-refractivity contribution >= 4 is 28.9 Å². The predicted octanol–water partition coefficient (Wildman–Crippen LogP) is 0.638. The second-order valence-electron chi connectivity index (χ2n) is 3.17. The van der Waals surface area contributed by atoms with E-state index in [-0.39, 0.29) is 16.8 Å². The van der Waals surface area contributed by atoms with Crippen LogP contribution in [0.15, 0.2) is 6.20 Å². The van der Waals surface area contributed by atoms with Crippen LogP contribution < -0.4 is 11.1 Å². The molecule has 0 saturated heterocycles. The number of hydrogen-bond donors (Lipinski definition) is 3. The van der Waals surface area contributed by atoms with Crippen LogP contribution in [-0.4, -0.2) is 21.1 Å². The zero-order chi connectivity index (χ0) is 10.7. The van der Waals surface area contributed by atoms with Gasteiger partial charge in [-0.05, 0) is 0 Å². The van der Waals surface area contributed by atoms with Crippen LogP contribution in [0.3, 0.4) is 0 Å². The largest absolute Gasteiger partial charge is 0.389 e. The lowest BCUT2D eigenvalue weighted by atomic mass is 10.2. The Labute approximate surface area is 87.1 Å². The number of rotatable bonds is 3. The average Bonchev–Trinajstić information content (AvgIpc) is 2.52. The molecule has 6 heteroatoms. The molecule has 0 saturated carbocycles. The summed E-state index contributed by atoms with van der Waals surface area (Å²) in [5.74, 6) is 0.250. The van der Waals surface area contributed by atoms with Crippen LogP contribution >= 0.6 is 12.2 Å². The molecule has 1 aromatic heterocycles. The van der Waals surface area contributed by atoms with E-state index in [4.69, 9.17) is 18.0 Å². The Hall–Kier alpha value is -1.43. The number of nitrogens with two attached hydrogens (primary N) is 1. The Morgan fingerprint density at radius 2 is 2.36 bits per heavy atom. The quantitative estimate of drug-likeness (QED) is 0.642. The van der Waals surface area contributed by atoms with Gasteiger partial charge in [0.15, 0.2) is 0 Å². The molecule has 0 fully saturated rings. The minimum absolute atomic E-state index is 0.0995. The van der Waals surface area contributed by atoms with E-state index in [9.17, 15) is 4.79 Å². The molecule has 0 aromatic carbocycles. The number of amides is 1. The highest BCUT2D eigenvalue weighted by Gasteiger charge is 2.12. The highest BCUT2D eigenvalue weighted by Crippen LogP contribution is 2.11. The fourth-order valence-corrected chi connectivity index (χ4v) is 0.991. The first-order valence-corrected chi connectivity index (χ1v) is 4.57. The molecule has 0 aliphatic rings. The molecule has 0 aliphatic carbocycles. The number of aromatic amines is 1. The lowest BCUT2D eigenvalue weighted by Crippen LogP contribution is -2.20. The Bertz CT molecular complexity index is 358. The third kappa shape index (κ3) is 2.29. The number of hydrogen-bond acceptors (Lipinski definition) is 3. The molecule has 1 aromatic rings. The minimum Gasteiger partial charge on any atom is -0.389 e. The standard InChI is InChI=1S/C8H12N4OS/c1-4(2)8(13)11-7-5(6(9)14)3-10-12-7/h3-4H,1-2H3,(H2,9,14)(H2,10,11,12,13). The van der Waals surface area contributed by atoms with Gasteiger partial charge < -0.3 is 11.1 Å². The van der Waals surface area contributed by atoms with Gasteiger partial charge in [0.1, 0.15) is 10.8 Å². The normalized spacial score (nSPS) is 10.2. The van der Waals surface area contributed by atoms with Crippen LogP contribution in [0.25, 0.3) is 0 Å². The fraction of sp³-hybridized carbons (Fsp3) is 0.375. The zero-order valence-electron chi connectivity index (χ0n) is 8.00. The Balaban J connectivity index is 2.82. The van der Waals surface area contributed by atoms with Gasteiger partial charge >= 0.3 is 0 Å². The second kappa shape index (κ2) is 4.19. The maximum atomic E-state index is 11.3. The number of nitrogens with one attached hydrogen (secondary N) is 2. The van der Waals surface area contributed by atoms with Crippen LogP contribution in [0.4, 0.5) is 5.82 Å². The van der Waals surface area contributed by atoms with Crippen LogP contribution in [0.1, 0.15) is 19.4 Å². The Morgan fingerprint density at radius 3 is 2.86 bits per heavy atom. The average molecular weight is 212 g/mol. The number of anilines is 1. The van der Waals surface area contributed by atoms with Gasteiger partial charge in [-0.1, -0.05) is 26.1 Å². The highest BCUT2D eigenvalue weighted by atomic mass is 32.1. The SMILES string of the molecule is CC(C)C(=O)Nc1[nH]ncc1C(N)=S. The van der Waals surface area contributed by atoms with Gasteiger partial charge in [0, 0.05) is 5.92 Å². The molecule has 1 heterocycles. The van der Waals surface area contributed by atoms with Gasteiger partial charge in [-0.15, -0.1) is 0 Å². The molecular weight excluding hydrogens is 200 g/mol. The van der Waals surface area contributed by atoms with Crippen molar-refractivity contribution in [1.29, 1.82) is 0 Å². The van der Waals surface area contributed by atoms with Crippen molar-refractivity contribution in [3.8, 4) is 0 Å². The minimum atomic E-state index is -0.105. The summed E-state index contributed by atoms with van der Waals surface area (Å²) < 4.78 is 0. The molecular formula is C8H12N4OS. The number of H-pyrrole nitrogens is 1. The molecule has 0 bridgehead atoms. The third-order valence-corrected chi connectivity index (χ3v) is 1.90. The van der Waals surface area contributed by atoms with E-state index in [1.165, 1.54) is 6.20 Å². The van der Waals surface area contributed by atoms with Crippen molar-refractivity contribution in [3.05, 3.63) is 11.8 Å². The number of carbonyl (C=O) groups excluding carboxylic acids is 1. The molecule has 0 spiro atoms. The summed E-state index contributed by atoms with van der Waals surface area (Å²) in [6.07, 6.45) is 1.48. The maximum Gasteiger partial charge on any atom is 0.228 e. The van der Waals surface area contributed by atoms with Crippen LogP contribution in [-0.2, 0) is 4.79 Å². The van der Waals surface area contributed by atoms with E-state index in [0.717, 1.165) is 0 Å². The molecule has 0 unspecified atom stereocenters. The van der Waals surface area contributed by atoms with Crippen molar-refractivity contribution in [2.45, 2.75) is 13.8 Å². The summed E-state index contributed by atoms with van der Waals surface area (Å²) in [7, 11) is 0. The van der Waals surface area contributed by atoms with E-state index >= 15 is 0 Å². The monoisotopic (exact) mass is 212 g/mol. The third-order valence-electron chi connectivity index (χ3n) is 1.68. The molecule has 76 valence electrons. The molecule has 0 atom stereocenters. The summed E-state index contributed by atoms with van der Waals surface area (Å²) in [6.45, 7) is 3.60. The summed E-state index contributed by atoms with van der Waals surface area (Å²) >= 11 is 4.79. The van der Waals surface area contributed by atoms with Crippen molar-refractivity contribution < 1.29 is 4.79 Å². The predicted molar refractivity (Wildman–Crippen MR) is 57.9 cm³/mol. The summed E-state index contributed by atoms with van der Waals surface area (Å²) in [5, 5.41) is 9.02. The van der Waals surface area contributed by atoms with Gasteiger partial charge in [0.05, 0.1) is 11.8 Å². The van der Waals surface area contributed by atoms with Gasteiger partial charge in [-0.3, -0.25) is 9.89 Å². The summed E-state index contributed by atoms with van der Waals surface area (Å²) in [4.78, 5) is 11.5. The van der Waals surface area contributed by atoms with Crippen LogP contribution in [0.2, 0.25) is 0 Å². The fourth-order valence-electron chi connectivity index (χ4n) is 0.836. The van der Waals surface area contributed by atoms with Crippen molar-refractivity contribution in [2.75, 3.05) is 5.32 Å². The van der Waals surface area contributed by atoms with E-state index in [0.29, 0.717) is 11.4 Å². The van der Waals surface area contributed by atoms with Gasteiger partial charge in [0.25, 0.3) is 0 Å². The van der Waals surface area contributed by atoms with E-state index in [2.05, 4.69) is 15.5 Å². The molecule has 0 aliphatic heterocycles. The number of nitrogens with zero attached hydrogens (tertiary/aromatic N) is 1.